The molecule has 1 saturated carbocycles. The average molecular weight is 268 g/mol. The molecule has 1 saturated heterocycles. The molecule has 4 nitrogen and oxygen atoms in total. The summed E-state index contributed by atoms with van der Waals surface area (Å²) < 4.78 is 5.11. The Morgan fingerprint density at radius 3 is 2.53 bits per heavy atom. The maximum atomic E-state index is 12.4. The summed E-state index contributed by atoms with van der Waals surface area (Å²) in [6.45, 7) is 9.33. The molecule has 0 radical (unpaired) electrons. The van der Waals surface area contributed by atoms with Crippen molar-refractivity contribution in [3.63, 3.8) is 0 Å². The molecule has 0 aromatic rings. The number of likely N-dealkylation sites (tertiary alicyclic amines) is 1. The third-order valence-electron chi connectivity index (χ3n) is 4.68. The number of nitrogens with one attached hydrogen (secondary N) is 1. The van der Waals surface area contributed by atoms with E-state index in [1.54, 1.807) is 0 Å². The van der Waals surface area contributed by atoms with Crippen LogP contribution in [0.2, 0.25) is 0 Å². The van der Waals surface area contributed by atoms with Crippen molar-refractivity contribution < 1.29 is 9.53 Å². The zero-order chi connectivity index (χ0) is 14.0. The van der Waals surface area contributed by atoms with Gasteiger partial charge >= 0.3 is 5.97 Å². The van der Waals surface area contributed by atoms with Gasteiger partial charge in [0.05, 0.1) is 7.11 Å². The Morgan fingerprint density at radius 1 is 1.42 bits per heavy atom. The van der Waals surface area contributed by atoms with Crippen molar-refractivity contribution >= 4 is 5.97 Å². The summed E-state index contributed by atoms with van der Waals surface area (Å²) in [5, 5.41) is 3.45. The number of rotatable bonds is 6. The highest BCUT2D eigenvalue weighted by atomic mass is 16.5. The molecule has 1 aliphatic carbocycles. The average Bonchev–Trinajstić information content (AvgIpc) is 3.16. The first kappa shape index (κ1) is 14.8. The molecule has 1 heterocycles. The second kappa shape index (κ2) is 5.80. The number of likely N-dealkylation sites (N-methyl/N-ethyl adjacent to an activating group) is 1. The summed E-state index contributed by atoms with van der Waals surface area (Å²) in [5.41, 5.74) is -0.484. The fraction of sp³-hybridized carbons (Fsp3) is 0.933. The molecule has 19 heavy (non-hydrogen) atoms. The van der Waals surface area contributed by atoms with E-state index in [0.717, 1.165) is 38.4 Å². The SMILES string of the molecule is CCNC(CN1CC(C)CC1C)(C(=O)OC)C1CC1. The minimum Gasteiger partial charge on any atom is -0.468 e. The minimum absolute atomic E-state index is 0.0800. The monoisotopic (exact) mass is 268 g/mol. The van der Waals surface area contributed by atoms with Gasteiger partial charge in [0.25, 0.3) is 0 Å². The van der Waals surface area contributed by atoms with Crippen LogP contribution in [-0.2, 0) is 9.53 Å². The molecule has 2 fully saturated rings. The highest BCUT2D eigenvalue weighted by molar-refractivity contribution is 5.82. The summed E-state index contributed by atoms with van der Waals surface area (Å²) in [6.07, 6.45) is 3.51. The molecule has 0 spiro atoms. The van der Waals surface area contributed by atoms with Crippen molar-refractivity contribution in [3.05, 3.63) is 0 Å². The van der Waals surface area contributed by atoms with Gasteiger partial charge in [0.1, 0.15) is 5.54 Å². The molecule has 0 aromatic heterocycles. The van der Waals surface area contributed by atoms with Crippen LogP contribution in [0.15, 0.2) is 0 Å². The van der Waals surface area contributed by atoms with Gasteiger partial charge in [-0.15, -0.1) is 0 Å². The largest absolute Gasteiger partial charge is 0.468 e. The van der Waals surface area contributed by atoms with Crippen molar-refractivity contribution in [2.45, 2.75) is 51.6 Å². The number of esters is 1. The molecule has 4 heteroatoms. The van der Waals surface area contributed by atoms with Crippen LogP contribution in [0.3, 0.4) is 0 Å². The van der Waals surface area contributed by atoms with E-state index in [1.165, 1.54) is 13.5 Å². The quantitative estimate of drug-likeness (QED) is 0.744. The fourth-order valence-electron chi connectivity index (χ4n) is 3.63. The molecule has 0 bridgehead atoms. The lowest BCUT2D eigenvalue weighted by molar-refractivity contribution is -0.151. The Hall–Kier alpha value is -0.610. The number of carbonyl (C=O) groups excluding carboxylic acids is 1. The first-order chi connectivity index (χ1) is 9.03. The van der Waals surface area contributed by atoms with Gasteiger partial charge in [-0.05, 0) is 44.6 Å². The van der Waals surface area contributed by atoms with Crippen LogP contribution >= 0.6 is 0 Å². The van der Waals surface area contributed by atoms with E-state index in [-0.39, 0.29) is 5.97 Å². The van der Waals surface area contributed by atoms with E-state index in [2.05, 4.69) is 31.0 Å². The number of hydrogen-bond acceptors (Lipinski definition) is 4. The Bertz CT molecular complexity index is 330. The van der Waals surface area contributed by atoms with E-state index >= 15 is 0 Å². The molecule has 2 rings (SSSR count). The Labute approximate surface area is 116 Å². The predicted molar refractivity (Wildman–Crippen MR) is 76.0 cm³/mol. The maximum Gasteiger partial charge on any atom is 0.327 e. The van der Waals surface area contributed by atoms with Gasteiger partial charge in [-0.25, -0.2) is 4.79 Å². The van der Waals surface area contributed by atoms with Crippen LogP contribution < -0.4 is 5.32 Å². The Kier molecular flexibility index (Phi) is 4.51. The number of carbonyl (C=O) groups is 1. The fourth-order valence-corrected chi connectivity index (χ4v) is 3.63. The van der Waals surface area contributed by atoms with Crippen LogP contribution in [-0.4, -0.2) is 49.2 Å². The summed E-state index contributed by atoms with van der Waals surface area (Å²) >= 11 is 0. The topological polar surface area (TPSA) is 41.6 Å². The highest BCUT2D eigenvalue weighted by Gasteiger charge is 2.53. The van der Waals surface area contributed by atoms with Gasteiger partial charge in [-0.1, -0.05) is 13.8 Å². The predicted octanol–water partition coefficient (Wildman–Crippen LogP) is 1.65. The van der Waals surface area contributed by atoms with E-state index < -0.39 is 5.54 Å². The van der Waals surface area contributed by atoms with Gasteiger partial charge < -0.3 is 10.1 Å². The summed E-state index contributed by atoms with van der Waals surface area (Å²) in [6, 6.07) is 0.566. The molecular formula is C15H28N2O2. The molecule has 1 aliphatic heterocycles. The van der Waals surface area contributed by atoms with Gasteiger partial charge in [0.2, 0.25) is 0 Å². The lowest BCUT2D eigenvalue weighted by atomic mass is 9.91. The molecular weight excluding hydrogens is 240 g/mol. The summed E-state index contributed by atoms with van der Waals surface area (Å²) in [4.78, 5) is 14.8. The van der Waals surface area contributed by atoms with E-state index in [1.807, 2.05) is 0 Å². The smallest absolute Gasteiger partial charge is 0.327 e. The maximum absolute atomic E-state index is 12.4. The molecule has 0 amide bonds. The van der Waals surface area contributed by atoms with Gasteiger partial charge in [-0.2, -0.15) is 0 Å². The normalized spacial score (nSPS) is 31.2. The van der Waals surface area contributed by atoms with Crippen LogP contribution in [0, 0.1) is 11.8 Å². The van der Waals surface area contributed by atoms with Crippen molar-refractivity contribution in [2.75, 3.05) is 26.7 Å². The van der Waals surface area contributed by atoms with Gasteiger partial charge in [0.15, 0.2) is 0 Å². The van der Waals surface area contributed by atoms with Gasteiger partial charge in [0, 0.05) is 19.1 Å². The summed E-state index contributed by atoms with van der Waals surface area (Å²) in [7, 11) is 1.51. The first-order valence-corrected chi connectivity index (χ1v) is 7.61. The number of hydrogen-bond donors (Lipinski definition) is 1. The number of methoxy groups -OCH3 is 1. The van der Waals surface area contributed by atoms with E-state index in [4.69, 9.17) is 4.74 Å². The third-order valence-corrected chi connectivity index (χ3v) is 4.68. The van der Waals surface area contributed by atoms with Crippen molar-refractivity contribution in [1.82, 2.24) is 10.2 Å². The molecule has 110 valence electrons. The van der Waals surface area contributed by atoms with Crippen molar-refractivity contribution in [2.24, 2.45) is 11.8 Å². The summed E-state index contributed by atoms with van der Waals surface area (Å²) in [5.74, 6) is 1.10. The first-order valence-electron chi connectivity index (χ1n) is 7.61. The zero-order valence-corrected chi connectivity index (χ0v) is 12.7. The van der Waals surface area contributed by atoms with Gasteiger partial charge in [-0.3, -0.25) is 4.90 Å². The third kappa shape index (κ3) is 2.95. The second-order valence-corrected chi connectivity index (χ2v) is 6.39. The van der Waals surface area contributed by atoms with Crippen molar-refractivity contribution in [1.29, 1.82) is 0 Å². The molecule has 2 aliphatic rings. The van der Waals surface area contributed by atoms with E-state index in [9.17, 15) is 4.79 Å². The lowest BCUT2D eigenvalue weighted by Gasteiger charge is -2.37. The molecule has 1 N–H and O–H groups in total. The van der Waals surface area contributed by atoms with Crippen LogP contribution in [0.1, 0.15) is 40.0 Å². The molecule has 3 atom stereocenters. The van der Waals surface area contributed by atoms with Crippen LogP contribution in [0.4, 0.5) is 0 Å². The zero-order valence-electron chi connectivity index (χ0n) is 12.7. The Morgan fingerprint density at radius 2 is 2.11 bits per heavy atom. The Balaban J connectivity index is 2.14. The lowest BCUT2D eigenvalue weighted by Crippen LogP contribution is -2.61. The second-order valence-electron chi connectivity index (χ2n) is 6.39. The number of ether oxygens (including phenoxy) is 1. The standard InChI is InChI=1S/C15H28N2O2/c1-5-16-15(13-6-7-13,14(18)19-4)10-17-9-11(2)8-12(17)3/h11-13,16H,5-10H2,1-4H3. The number of nitrogens with zero attached hydrogens (tertiary/aromatic N) is 1. The van der Waals surface area contributed by atoms with Crippen LogP contribution in [0.5, 0.6) is 0 Å². The van der Waals surface area contributed by atoms with E-state index in [0.29, 0.717) is 12.0 Å². The minimum atomic E-state index is -0.484. The molecule has 0 aromatic carbocycles. The van der Waals surface area contributed by atoms with Crippen molar-refractivity contribution in [3.8, 4) is 0 Å². The molecule has 3 unspecified atom stereocenters. The highest BCUT2D eigenvalue weighted by Crippen LogP contribution is 2.42. The van der Waals surface area contributed by atoms with Crippen LogP contribution in [0.25, 0.3) is 0 Å².